The summed E-state index contributed by atoms with van der Waals surface area (Å²) in [4.78, 5) is 26.4. The molecule has 8 nitrogen and oxygen atoms in total. The molecule has 1 N–H and O–H groups in total. The van der Waals surface area contributed by atoms with Gasteiger partial charge in [0.2, 0.25) is 5.78 Å². The first-order valence-electron chi connectivity index (χ1n) is 6.78. The molecule has 116 valence electrons. The van der Waals surface area contributed by atoms with Crippen molar-refractivity contribution < 1.29 is 0 Å². The van der Waals surface area contributed by atoms with E-state index in [-0.39, 0.29) is 0 Å². The van der Waals surface area contributed by atoms with Crippen LogP contribution in [0, 0.1) is 0 Å². The van der Waals surface area contributed by atoms with E-state index in [1.54, 1.807) is 23.1 Å². The molecule has 0 atom stereocenters. The first-order chi connectivity index (χ1) is 11.0. The Bertz CT molecular complexity index is 1180. The highest BCUT2D eigenvalue weighted by atomic mass is 79.9. The summed E-state index contributed by atoms with van der Waals surface area (Å²) in [6, 6.07) is 7.58. The summed E-state index contributed by atoms with van der Waals surface area (Å²) in [6.45, 7) is 0. The van der Waals surface area contributed by atoms with Gasteiger partial charge < -0.3 is 4.57 Å². The minimum atomic E-state index is -0.481. The van der Waals surface area contributed by atoms with Crippen molar-refractivity contribution in [2.24, 2.45) is 14.1 Å². The van der Waals surface area contributed by atoms with E-state index in [1.165, 1.54) is 4.57 Å². The number of nitrogens with zero attached hydrogens (tertiary/aromatic N) is 5. The number of nitrogens with one attached hydrogen (secondary N) is 1. The van der Waals surface area contributed by atoms with E-state index in [0.717, 1.165) is 10.0 Å². The lowest BCUT2D eigenvalue weighted by molar-refractivity contribution is 0.822. The molecule has 0 amide bonds. The molecule has 0 radical (unpaired) electrons. The smallest absolute Gasteiger partial charge is 0.305 e. The Kier molecular flexibility index (Phi) is 2.82. The fourth-order valence-corrected chi connectivity index (χ4v) is 2.99. The Morgan fingerprint density at radius 3 is 2.43 bits per heavy atom. The molecule has 0 fully saturated rings. The molecule has 0 saturated carbocycles. The topological polar surface area (TPSA) is 90.0 Å². The SMILES string of the molecule is Cn1c(=O)[nH]c(=O)c2c1n1c(-c3ccc(Br)cc3)nnc1n2C. The van der Waals surface area contributed by atoms with E-state index in [9.17, 15) is 9.59 Å². The molecule has 0 aliphatic carbocycles. The van der Waals surface area contributed by atoms with Crippen molar-refractivity contribution in [2.75, 3.05) is 0 Å². The molecule has 0 bridgehead atoms. The van der Waals surface area contributed by atoms with Crippen LogP contribution >= 0.6 is 15.9 Å². The number of imidazole rings is 1. The van der Waals surface area contributed by atoms with Crippen LogP contribution < -0.4 is 11.2 Å². The average Bonchev–Trinajstić information content (AvgIpc) is 3.06. The van der Waals surface area contributed by atoms with Gasteiger partial charge in [0.05, 0.1) is 0 Å². The van der Waals surface area contributed by atoms with E-state index in [4.69, 9.17) is 0 Å². The van der Waals surface area contributed by atoms with Crippen molar-refractivity contribution in [3.8, 4) is 11.4 Å². The van der Waals surface area contributed by atoms with Crippen molar-refractivity contribution >= 4 is 32.9 Å². The number of halogens is 1. The highest BCUT2D eigenvalue weighted by Crippen LogP contribution is 2.24. The summed E-state index contributed by atoms with van der Waals surface area (Å²) in [7, 11) is 3.32. The van der Waals surface area contributed by atoms with Crippen molar-refractivity contribution in [1.29, 1.82) is 0 Å². The van der Waals surface area contributed by atoms with Gasteiger partial charge in [-0.25, -0.2) is 9.20 Å². The molecule has 0 unspecified atom stereocenters. The molecule has 4 rings (SSSR count). The summed E-state index contributed by atoms with van der Waals surface area (Å²) in [5.74, 6) is 1.06. The van der Waals surface area contributed by atoms with Gasteiger partial charge in [0.15, 0.2) is 17.0 Å². The van der Waals surface area contributed by atoms with E-state index >= 15 is 0 Å². The van der Waals surface area contributed by atoms with Crippen LogP contribution in [0.1, 0.15) is 0 Å². The molecule has 0 aliphatic rings. The van der Waals surface area contributed by atoms with Crippen molar-refractivity contribution in [2.45, 2.75) is 0 Å². The summed E-state index contributed by atoms with van der Waals surface area (Å²) < 4.78 is 5.68. The maximum absolute atomic E-state index is 12.2. The van der Waals surface area contributed by atoms with Crippen LogP contribution in [-0.2, 0) is 14.1 Å². The number of aryl methyl sites for hydroxylation is 2. The zero-order valence-electron chi connectivity index (χ0n) is 12.2. The predicted octanol–water partition coefficient (Wildman–Crippen LogP) is 1.04. The molecule has 0 spiro atoms. The van der Waals surface area contributed by atoms with E-state index in [0.29, 0.717) is 22.8 Å². The second-order valence-electron chi connectivity index (χ2n) is 5.22. The van der Waals surface area contributed by atoms with Gasteiger partial charge in [-0.1, -0.05) is 28.1 Å². The summed E-state index contributed by atoms with van der Waals surface area (Å²) in [5, 5.41) is 8.38. The fraction of sp³-hybridized carbons (Fsp3) is 0.143. The van der Waals surface area contributed by atoms with Crippen LogP contribution in [0.25, 0.3) is 28.3 Å². The maximum atomic E-state index is 12.2. The van der Waals surface area contributed by atoms with Crippen LogP contribution in [-0.4, -0.2) is 28.7 Å². The second-order valence-corrected chi connectivity index (χ2v) is 6.13. The average molecular weight is 375 g/mol. The minimum Gasteiger partial charge on any atom is -0.305 e. The Morgan fingerprint density at radius 2 is 1.74 bits per heavy atom. The van der Waals surface area contributed by atoms with E-state index in [1.807, 2.05) is 24.3 Å². The van der Waals surface area contributed by atoms with E-state index < -0.39 is 11.2 Å². The molecular formula is C14H11BrN6O2. The Hall–Kier alpha value is -2.68. The van der Waals surface area contributed by atoms with Crippen molar-refractivity contribution in [3.63, 3.8) is 0 Å². The predicted molar refractivity (Wildman–Crippen MR) is 88.5 cm³/mol. The van der Waals surface area contributed by atoms with Gasteiger partial charge in [0.25, 0.3) is 5.56 Å². The van der Waals surface area contributed by atoms with Gasteiger partial charge in [0.1, 0.15) is 0 Å². The van der Waals surface area contributed by atoms with Gasteiger partial charge >= 0.3 is 5.69 Å². The Labute approximate surface area is 137 Å². The zero-order valence-corrected chi connectivity index (χ0v) is 13.8. The molecule has 23 heavy (non-hydrogen) atoms. The lowest BCUT2D eigenvalue weighted by Crippen LogP contribution is -2.29. The third-order valence-corrected chi connectivity index (χ3v) is 4.39. The third kappa shape index (κ3) is 1.83. The molecule has 1 aromatic carbocycles. The normalized spacial score (nSPS) is 11.6. The molecule has 0 aliphatic heterocycles. The molecule has 4 aromatic rings. The molecule has 0 saturated heterocycles. The highest BCUT2D eigenvalue weighted by molar-refractivity contribution is 9.10. The molecule has 3 aromatic heterocycles. The summed E-state index contributed by atoms with van der Waals surface area (Å²) in [5.41, 5.74) is 0.735. The largest absolute Gasteiger partial charge is 0.329 e. The van der Waals surface area contributed by atoms with Gasteiger partial charge in [-0.3, -0.25) is 14.3 Å². The van der Waals surface area contributed by atoms with Crippen LogP contribution in [0.2, 0.25) is 0 Å². The van der Waals surface area contributed by atoms with Crippen LogP contribution in [0.15, 0.2) is 38.3 Å². The first-order valence-corrected chi connectivity index (χ1v) is 7.57. The number of hydrogen-bond acceptors (Lipinski definition) is 4. The number of hydrogen-bond donors (Lipinski definition) is 1. The monoisotopic (exact) mass is 374 g/mol. The van der Waals surface area contributed by atoms with Crippen molar-refractivity contribution in [3.05, 3.63) is 49.6 Å². The minimum absolute atomic E-state index is 0.371. The second kappa shape index (κ2) is 4.66. The lowest BCUT2D eigenvalue weighted by atomic mass is 10.2. The van der Waals surface area contributed by atoms with E-state index in [2.05, 4.69) is 31.1 Å². The molecule has 3 heterocycles. The summed E-state index contributed by atoms with van der Waals surface area (Å²) in [6.07, 6.45) is 0. The number of rotatable bonds is 1. The standard InChI is InChI=1S/C14H11BrN6O2/c1-19-9-11(22)16-14(23)20(2)12(9)21-10(17-18-13(19)21)7-3-5-8(15)6-4-7/h3-6H,1-2H3,(H,16,22,23). The number of aromatic nitrogens is 6. The van der Waals surface area contributed by atoms with Crippen molar-refractivity contribution in [1.82, 2.24) is 28.7 Å². The zero-order chi connectivity index (χ0) is 16.3. The van der Waals surface area contributed by atoms with Gasteiger partial charge in [-0.05, 0) is 12.1 Å². The molecule has 9 heteroatoms. The number of benzene rings is 1. The van der Waals surface area contributed by atoms with Crippen LogP contribution in [0.4, 0.5) is 0 Å². The van der Waals surface area contributed by atoms with Crippen LogP contribution in [0.5, 0.6) is 0 Å². The van der Waals surface area contributed by atoms with Gasteiger partial charge in [-0.15, -0.1) is 10.2 Å². The van der Waals surface area contributed by atoms with Gasteiger partial charge in [-0.2, -0.15) is 0 Å². The number of fused-ring (bicyclic) bond motifs is 3. The molecular weight excluding hydrogens is 364 g/mol. The van der Waals surface area contributed by atoms with Gasteiger partial charge in [0, 0.05) is 24.1 Å². The number of aromatic amines is 1. The lowest BCUT2D eigenvalue weighted by Gasteiger charge is -2.02. The quantitative estimate of drug-likeness (QED) is 0.538. The Balaban J connectivity index is 2.23. The highest BCUT2D eigenvalue weighted by Gasteiger charge is 2.20. The number of H-pyrrole nitrogens is 1. The Morgan fingerprint density at radius 1 is 1.04 bits per heavy atom. The van der Waals surface area contributed by atoms with Crippen LogP contribution in [0.3, 0.4) is 0 Å². The first kappa shape index (κ1) is 13.9. The fourth-order valence-electron chi connectivity index (χ4n) is 2.73. The third-order valence-electron chi connectivity index (χ3n) is 3.87. The summed E-state index contributed by atoms with van der Waals surface area (Å²) >= 11 is 3.40. The maximum Gasteiger partial charge on any atom is 0.329 e.